The van der Waals surface area contributed by atoms with Crippen LogP contribution in [0, 0.1) is 0 Å². The maximum absolute atomic E-state index is 12.9. The average molecular weight is 451 g/mol. The van der Waals surface area contributed by atoms with Crippen LogP contribution in [0.3, 0.4) is 0 Å². The molecule has 1 aromatic heterocycles. The first-order chi connectivity index (χ1) is 14.4. The Balaban J connectivity index is 1.75. The van der Waals surface area contributed by atoms with Crippen molar-refractivity contribution in [3.05, 3.63) is 81.5 Å². The summed E-state index contributed by atoms with van der Waals surface area (Å²) in [5, 5.41) is 7.10. The van der Waals surface area contributed by atoms with Crippen LogP contribution in [-0.2, 0) is 11.2 Å². The minimum Gasteiger partial charge on any atom is -0.433 e. The smallest absolute Gasteiger partial charge is 0.387 e. The molecule has 0 fully saturated rings. The zero-order valence-electron chi connectivity index (χ0n) is 15.5. The van der Waals surface area contributed by atoms with Crippen molar-refractivity contribution in [1.29, 1.82) is 0 Å². The molecule has 0 aliphatic rings. The zero-order chi connectivity index (χ0) is 21.5. The van der Waals surface area contributed by atoms with E-state index in [1.54, 1.807) is 17.5 Å². The number of carbonyl (C=O) groups excluding carboxylic acids is 2. The quantitative estimate of drug-likeness (QED) is 0.508. The minimum absolute atomic E-state index is 0.0738. The van der Waals surface area contributed by atoms with Gasteiger partial charge in [0.25, 0.3) is 5.91 Å². The molecule has 1 atom stereocenters. The summed E-state index contributed by atoms with van der Waals surface area (Å²) in [6.45, 7) is -3.01. The Morgan fingerprint density at radius 1 is 1.07 bits per heavy atom. The number of anilines is 1. The molecule has 0 aliphatic carbocycles. The van der Waals surface area contributed by atoms with Crippen molar-refractivity contribution < 1.29 is 23.1 Å². The molecule has 2 aromatic carbocycles. The highest BCUT2D eigenvalue weighted by atomic mass is 35.5. The number of alkyl halides is 2. The van der Waals surface area contributed by atoms with Gasteiger partial charge in [0.2, 0.25) is 5.91 Å². The summed E-state index contributed by atoms with van der Waals surface area (Å²) < 4.78 is 29.0. The third-order valence-corrected chi connectivity index (χ3v) is 5.23. The predicted octanol–water partition coefficient (Wildman–Crippen LogP) is 4.98. The molecule has 3 aromatic rings. The lowest BCUT2D eigenvalue weighted by Crippen LogP contribution is -2.45. The number of hydrogen-bond donors (Lipinski definition) is 2. The Hall–Kier alpha value is -2.97. The van der Waals surface area contributed by atoms with Crippen LogP contribution in [0.4, 0.5) is 14.5 Å². The number of hydrogen-bond acceptors (Lipinski definition) is 4. The minimum atomic E-state index is -3.01. The fourth-order valence-electron chi connectivity index (χ4n) is 2.70. The van der Waals surface area contributed by atoms with Gasteiger partial charge in [-0.3, -0.25) is 9.59 Å². The van der Waals surface area contributed by atoms with Gasteiger partial charge in [-0.1, -0.05) is 48.0 Å². The van der Waals surface area contributed by atoms with Crippen molar-refractivity contribution >= 4 is 40.4 Å². The molecular weight excluding hydrogens is 434 g/mol. The lowest BCUT2D eigenvalue weighted by Gasteiger charge is -2.19. The van der Waals surface area contributed by atoms with E-state index in [4.69, 9.17) is 11.6 Å². The predicted molar refractivity (Wildman–Crippen MR) is 112 cm³/mol. The topological polar surface area (TPSA) is 67.4 Å². The van der Waals surface area contributed by atoms with E-state index in [1.807, 2.05) is 30.3 Å². The number of amides is 2. The van der Waals surface area contributed by atoms with Crippen LogP contribution in [0.25, 0.3) is 0 Å². The average Bonchev–Trinajstić information content (AvgIpc) is 3.25. The molecule has 0 unspecified atom stereocenters. The first-order valence-electron chi connectivity index (χ1n) is 8.86. The summed E-state index contributed by atoms with van der Waals surface area (Å²) in [6.07, 6.45) is 0.268. The second kappa shape index (κ2) is 10.2. The first-order valence-corrected chi connectivity index (χ1v) is 10.1. The van der Waals surface area contributed by atoms with E-state index in [0.717, 1.165) is 5.56 Å². The Morgan fingerprint density at radius 3 is 2.47 bits per heavy atom. The van der Waals surface area contributed by atoms with Gasteiger partial charge >= 0.3 is 6.61 Å². The van der Waals surface area contributed by atoms with Crippen LogP contribution in [0.2, 0.25) is 5.02 Å². The molecule has 0 saturated carbocycles. The number of nitrogens with one attached hydrogen (secondary N) is 2. The SMILES string of the molecule is O=C(N[C@@H](Cc1ccccc1)C(=O)Nc1ccc(OC(F)F)c(Cl)c1)c1cccs1. The van der Waals surface area contributed by atoms with E-state index >= 15 is 0 Å². The molecule has 3 rings (SSSR count). The largest absolute Gasteiger partial charge is 0.433 e. The van der Waals surface area contributed by atoms with Gasteiger partial charge in [-0.2, -0.15) is 8.78 Å². The molecule has 156 valence electrons. The van der Waals surface area contributed by atoms with E-state index in [2.05, 4.69) is 15.4 Å². The first kappa shape index (κ1) is 21.7. The Kier molecular flexibility index (Phi) is 7.37. The maximum atomic E-state index is 12.9. The number of thiophene rings is 1. The van der Waals surface area contributed by atoms with E-state index in [1.165, 1.54) is 29.5 Å². The maximum Gasteiger partial charge on any atom is 0.387 e. The highest BCUT2D eigenvalue weighted by molar-refractivity contribution is 7.12. The molecule has 0 radical (unpaired) electrons. The molecule has 30 heavy (non-hydrogen) atoms. The van der Waals surface area contributed by atoms with Gasteiger partial charge in [-0.25, -0.2) is 0 Å². The Morgan fingerprint density at radius 2 is 1.83 bits per heavy atom. The fourth-order valence-corrected chi connectivity index (χ4v) is 3.55. The lowest BCUT2D eigenvalue weighted by atomic mass is 10.0. The summed E-state index contributed by atoms with van der Waals surface area (Å²) in [5.74, 6) is -1.03. The van der Waals surface area contributed by atoms with Crippen molar-refractivity contribution in [2.24, 2.45) is 0 Å². The molecule has 1 heterocycles. The number of benzene rings is 2. The second-order valence-electron chi connectivity index (χ2n) is 6.21. The molecule has 2 N–H and O–H groups in total. The zero-order valence-corrected chi connectivity index (χ0v) is 17.1. The van der Waals surface area contributed by atoms with Crippen molar-refractivity contribution in [1.82, 2.24) is 5.32 Å². The monoisotopic (exact) mass is 450 g/mol. The Bertz CT molecular complexity index is 1000. The molecule has 9 heteroatoms. The Labute approximate surface area is 180 Å². The summed E-state index contributed by atoms with van der Waals surface area (Å²) in [6, 6.07) is 15.7. The molecule has 0 spiro atoms. The summed E-state index contributed by atoms with van der Waals surface area (Å²) in [5.41, 5.74) is 1.15. The number of halogens is 3. The number of carbonyl (C=O) groups is 2. The van der Waals surface area contributed by atoms with Crippen LogP contribution in [0.1, 0.15) is 15.2 Å². The van der Waals surface area contributed by atoms with Gasteiger partial charge in [-0.05, 0) is 35.2 Å². The molecule has 5 nitrogen and oxygen atoms in total. The van der Waals surface area contributed by atoms with Gasteiger partial charge in [0.15, 0.2) is 0 Å². The highest BCUT2D eigenvalue weighted by Crippen LogP contribution is 2.29. The van der Waals surface area contributed by atoms with Crippen molar-refractivity contribution in [2.45, 2.75) is 19.1 Å². The molecule has 0 bridgehead atoms. The molecule has 0 aliphatic heterocycles. The second-order valence-corrected chi connectivity index (χ2v) is 7.56. The van der Waals surface area contributed by atoms with Crippen LogP contribution in [-0.4, -0.2) is 24.5 Å². The van der Waals surface area contributed by atoms with Crippen molar-refractivity contribution in [3.8, 4) is 5.75 Å². The highest BCUT2D eigenvalue weighted by Gasteiger charge is 2.23. The summed E-state index contributed by atoms with van der Waals surface area (Å²) >= 11 is 7.21. The number of rotatable bonds is 8. The lowest BCUT2D eigenvalue weighted by molar-refractivity contribution is -0.118. The van der Waals surface area contributed by atoms with E-state index in [9.17, 15) is 18.4 Å². The third kappa shape index (κ3) is 6.01. The third-order valence-electron chi connectivity index (χ3n) is 4.06. The number of ether oxygens (including phenoxy) is 1. The molecule has 0 saturated heterocycles. The summed E-state index contributed by atoms with van der Waals surface area (Å²) in [4.78, 5) is 25.8. The van der Waals surface area contributed by atoms with Gasteiger partial charge in [0.1, 0.15) is 11.8 Å². The summed E-state index contributed by atoms with van der Waals surface area (Å²) in [7, 11) is 0. The van der Waals surface area contributed by atoms with E-state index in [0.29, 0.717) is 4.88 Å². The van der Waals surface area contributed by atoms with Gasteiger partial charge in [0.05, 0.1) is 9.90 Å². The van der Waals surface area contributed by atoms with Crippen LogP contribution in [0.15, 0.2) is 66.0 Å². The van der Waals surface area contributed by atoms with Gasteiger partial charge < -0.3 is 15.4 Å². The normalized spacial score (nSPS) is 11.7. The molecule has 2 amide bonds. The van der Waals surface area contributed by atoms with Crippen molar-refractivity contribution in [3.63, 3.8) is 0 Å². The van der Waals surface area contributed by atoms with E-state index < -0.39 is 18.6 Å². The van der Waals surface area contributed by atoms with Gasteiger partial charge in [-0.15, -0.1) is 11.3 Å². The van der Waals surface area contributed by atoms with Crippen molar-refractivity contribution in [2.75, 3.05) is 5.32 Å². The van der Waals surface area contributed by atoms with Crippen LogP contribution >= 0.6 is 22.9 Å². The fraction of sp³-hybridized carbons (Fsp3) is 0.143. The van der Waals surface area contributed by atoms with Crippen LogP contribution < -0.4 is 15.4 Å². The van der Waals surface area contributed by atoms with E-state index in [-0.39, 0.29) is 28.8 Å². The van der Waals surface area contributed by atoms with Gasteiger partial charge in [0, 0.05) is 12.1 Å². The molecular formula is C21H17ClF2N2O3S. The van der Waals surface area contributed by atoms with Crippen LogP contribution in [0.5, 0.6) is 5.75 Å². The standard InChI is InChI=1S/C21H17ClF2N2O3S/c22-15-12-14(8-9-17(15)29-21(23)24)25-19(27)16(11-13-5-2-1-3-6-13)26-20(28)18-7-4-10-30-18/h1-10,12,16,21H,11H2,(H,25,27)(H,26,28)/t16-/m0/s1.